The second kappa shape index (κ2) is 8.83. The number of amides is 1. The number of pyridine rings is 1. The molecule has 156 valence electrons. The van der Waals surface area contributed by atoms with Gasteiger partial charge in [0.05, 0.1) is 11.1 Å². The van der Waals surface area contributed by atoms with Crippen molar-refractivity contribution >= 4 is 40.2 Å². The Morgan fingerprint density at radius 1 is 1.03 bits per heavy atom. The van der Waals surface area contributed by atoms with Crippen molar-refractivity contribution in [1.82, 2.24) is 20.3 Å². The van der Waals surface area contributed by atoms with Crippen molar-refractivity contribution in [3.63, 3.8) is 0 Å². The first-order chi connectivity index (χ1) is 14.5. The summed E-state index contributed by atoms with van der Waals surface area (Å²) in [6, 6.07) is 11.8. The quantitative estimate of drug-likeness (QED) is 0.604. The Bertz CT molecular complexity index is 1050. The highest BCUT2D eigenvalue weighted by Crippen LogP contribution is 2.26. The third kappa shape index (κ3) is 4.46. The van der Waals surface area contributed by atoms with E-state index in [-0.39, 0.29) is 23.1 Å². The van der Waals surface area contributed by atoms with Crippen LogP contribution >= 0.6 is 11.6 Å². The SMILES string of the molecule is CN(C)c1nc(NC2CCC(NC(=O)c3cccnc3Cl)CC2)nc2ccccc12. The topological polar surface area (TPSA) is 83.0 Å². The molecule has 3 aromatic rings. The molecule has 2 heterocycles. The van der Waals surface area contributed by atoms with Crippen molar-refractivity contribution in [1.29, 1.82) is 0 Å². The molecule has 1 aliphatic rings. The van der Waals surface area contributed by atoms with Gasteiger partial charge in [0.1, 0.15) is 11.0 Å². The zero-order valence-corrected chi connectivity index (χ0v) is 17.9. The number of halogens is 1. The molecule has 8 heteroatoms. The van der Waals surface area contributed by atoms with Gasteiger partial charge in [0, 0.05) is 37.8 Å². The van der Waals surface area contributed by atoms with E-state index >= 15 is 0 Å². The molecule has 0 atom stereocenters. The third-order valence-corrected chi connectivity index (χ3v) is 5.71. The zero-order chi connectivity index (χ0) is 21.1. The number of anilines is 2. The van der Waals surface area contributed by atoms with E-state index in [4.69, 9.17) is 16.6 Å². The second-order valence-electron chi connectivity index (χ2n) is 7.79. The fraction of sp³-hybridized carbons (Fsp3) is 0.364. The average molecular weight is 425 g/mol. The Hall–Kier alpha value is -2.93. The molecular formula is C22H25ClN6O. The molecule has 1 fully saturated rings. The van der Waals surface area contributed by atoms with E-state index in [1.165, 1.54) is 0 Å². The van der Waals surface area contributed by atoms with Crippen molar-refractivity contribution in [2.75, 3.05) is 24.3 Å². The maximum atomic E-state index is 12.5. The van der Waals surface area contributed by atoms with Crippen molar-refractivity contribution in [3.8, 4) is 0 Å². The van der Waals surface area contributed by atoms with Crippen LogP contribution in [0.5, 0.6) is 0 Å². The van der Waals surface area contributed by atoms with Gasteiger partial charge >= 0.3 is 0 Å². The first-order valence-corrected chi connectivity index (χ1v) is 10.5. The molecule has 4 rings (SSSR count). The lowest BCUT2D eigenvalue weighted by molar-refractivity contribution is 0.0926. The summed E-state index contributed by atoms with van der Waals surface area (Å²) < 4.78 is 0. The number of carbonyl (C=O) groups is 1. The molecule has 2 N–H and O–H groups in total. The molecule has 0 spiro atoms. The van der Waals surface area contributed by atoms with E-state index < -0.39 is 0 Å². The highest BCUT2D eigenvalue weighted by Gasteiger charge is 2.24. The summed E-state index contributed by atoms with van der Waals surface area (Å²) in [5.41, 5.74) is 1.34. The molecule has 0 aliphatic heterocycles. The first-order valence-electron chi connectivity index (χ1n) is 10.1. The minimum absolute atomic E-state index is 0.127. The normalized spacial score (nSPS) is 18.8. The number of benzene rings is 1. The second-order valence-corrected chi connectivity index (χ2v) is 8.15. The standard InChI is InChI=1S/C22H25ClN6O/c1-29(2)20-16-6-3-4-8-18(16)27-22(28-20)26-15-11-9-14(10-12-15)25-21(30)17-7-5-13-24-19(17)23/h3-8,13-15H,9-12H2,1-2H3,(H,25,30)(H,26,27,28). The number of nitrogens with one attached hydrogen (secondary N) is 2. The molecule has 1 aromatic carbocycles. The summed E-state index contributed by atoms with van der Waals surface area (Å²) >= 11 is 6.03. The lowest BCUT2D eigenvalue weighted by atomic mass is 9.91. The maximum Gasteiger partial charge on any atom is 0.254 e. The molecule has 1 saturated carbocycles. The van der Waals surface area contributed by atoms with E-state index in [0.717, 1.165) is 42.4 Å². The Kier molecular flexibility index (Phi) is 5.99. The van der Waals surface area contributed by atoms with Gasteiger partial charge in [0.25, 0.3) is 5.91 Å². The van der Waals surface area contributed by atoms with Crippen LogP contribution in [0.4, 0.5) is 11.8 Å². The largest absolute Gasteiger partial charge is 0.362 e. The van der Waals surface area contributed by atoms with Gasteiger partial charge in [0.2, 0.25) is 5.95 Å². The molecule has 0 bridgehead atoms. The van der Waals surface area contributed by atoms with Gasteiger partial charge in [-0.1, -0.05) is 23.7 Å². The van der Waals surface area contributed by atoms with Crippen molar-refractivity contribution in [2.45, 2.75) is 37.8 Å². The molecule has 0 unspecified atom stereocenters. The number of carbonyl (C=O) groups excluding carboxylic acids is 1. The maximum absolute atomic E-state index is 12.5. The van der Waals surface area contributed by atoms with Crippen LogP contribution in [-0.2, 0) is 0 Å². The van der Waals surface area contributed by atoms with E-state index in [1.54, 1.807) is 18.3 Å². The van der Waals surface area contributed by atoms with Crippen LogP contribution in [0, 0.1) is 0 Å². The number of para-hydroxylation sites is 1. The van der Waals surface area contributed by atoms with Crippen LogP contribution in [0.15, 0.2) is 42.6 Å². The minimum atomic E-state index is -0.169. The fourth-order valence-corrected chi connectivity index (χ4v) is 4.05. The summed E-state index contributed by atoms with van der Waals surface area (Å²) in [7, 11) is 3.97. The van der Waals surface area contributed by atoms with Gasteiger partial charge in [0.15, 0.2) is 0 Å². The molecule has 0 radical (unpaired) electrons. The van der Waals surface area contributed by atoms with Crippen molar-refractivity contribution < 1.29 is 4.79 Å². The minimum Gasteiger partial charge on any atom is -0.362 e. The van der Waals surface area contributed by atoms with E-state index in [9.17, 15) is 4.79 Å². The number of rotatable bonds is 5. The van der Waals surface area contributed by atoms with E-state index in [1.807, 2.05) is 43.3 Å². The van der Waals surface area contributed by atoms with Gasteiger partial charge in [-0.3, -0.25) is 4.79 Å². The van der Waals surface area contributed by atoms with Gasteiger partial charge < -0.3 is 15.5 Å². The Labute approximate surface area is 180 Å². The predicted octanol–water partition coefficient (Wildman–Crippen LogP) is 3.90. The van der Waals surface area contributed by atoms with Crippen LogP contribution in [0.3, 0.4) is 0 Å². The monoisotopic (exact) mass is 424 g/mol. The van der Waals surface area contributed by atoms with E-state index in [0.29, 0.717) is 11.5 Å². The summed E-state index contributed by atoms with van der Waals surface area (Å²) in [4.78, 5) is 27.8. The summed E-state index contributed by atoms with van der Waals surface area (Å²) in [6.45, 7) is 0. The van der Waals surface area contributed by atoms with Gasteiger partial charge in [-0.15, -0.1) is 0 Å². The highest BCUT2D eigenvalue weighted by molar-refractivity contribution is 6.32. The number of nitrogens with zero attached hydrogens (tertiary/aromatic N) is 4. The molecule has 0 saturated heterocycles. The predicted molar refractivity (Wildman–Crippen MR) is 120 cm³/mol. The van der Waals surface area contributed by atoms with Gasteiger partial charge in [-0.25, -0.2) is 9.97 Å². The van der Waals surface area contributed by atoms with Crippen LogP contribution in [0.2, 0.25) is 5.15 Å². The third-order valence-electron chi connectivity index (χ3n) is 5.41. The summed E-state index contributed by atoms with van der Waals surface area (Å²) in [5, 5.41) is 7.84. The Morgan fingerprint density at radius 3 is 2.50 bits per heavy atom. The number of hydrogen-bond donors (Lipinski definition) is 2. The van der Waals surface area contributed by atoms with Crippen LogP contribution in [-0.4, -0.2) is 47.0 Å². The van der Waals surface area contributed by atoms with E-state index in [2.05, 4.69) is 20.6 Å². The Morgan fingerprint density at radius 2 is 1.77 bits per heavy atom. The molecule has 1 amide bonds. The van der Waals surface area contributed by atoms with Crippen LogP contribution < -0.4 is 15.5 Å². The highest BCUT2D eigenvalue weighted by atomic mass is 35.5. The number of fused-ring (bicyclic) bond motifs is 1. The fourth-order valence-electron chi connectivity index (χ4n) is 3.85. The zero-order valence-electron chi connectivity index (χ0n) is 17.1. The molecule has 7 nitrogen and oxygen atoms in total. The number of hydrogen-bond acceptors (Lipinski definition) is 6. The summed E-state index contributed by atoms with van der Waals surface area (Å²) in [6.07, 6.45) is 5.20. The van der Waals surface area contributed by atoms with Gasteiger partial charge in [-0.05, 0) is 49.9 Å². The summed E-state index contributed by atoms with van der Waals surface area (Å²) in [5.74, 6) is 1.38. The number of aromatic nitrogens is 3. The lowest BCUT2D eigenvalue weighted by Crippen LogP contribution is -2.40. The smallest absolute Gasteiger partial charge is 0.254 e. The van der Waals surface area contributed by atoms with Gasteiger partial charge in [-0.2, -0.15) is 4.98 Å². The van der Waals surface area contributed by atoms with Crippen molar-refractivity contribution in [3.05, 3.63) is 53.3 Å². The lowest BCUT2D eigenvalue weighted by Gasteiger charge is -2.30. The van der Waals surface area contributed by atoms with Crippen molar-refractivity contribution in [2.24, 2.45) is 0 Å². The van der Waals surface area contributed by atoms with Crippen LogP contribution in [0.1, 0.15) is 36.0 Å². The molecular weight excluding hydrogens is 400 g/mol. The molecule has 2 aromatic heterocycles. The van der Waals surface area contributed by atoms with Crippen LogP contribution in [0.25, 0.3) is 10.9 Å². The first kappa shape index (κ1) is 20.3. The Balaban J connectivity index is 1.38. The average Bonchev–Trinajstić information content (AvgIpc) is 2.74. The molecule has 30 heavy (non-hydrogen) atoms. The molecule has 1 aliphatic carbocycles.